The second kappa shape index (κ2) is 12.2. The first-order chi connectivity index (χ1) is 21.4. The third kappa shape index (κ3) is 5.55. The largest absolute Gasteiger partial charge is 0.455 e. The number of hydrogen-bond donors (Lipinski definition) is 1. The van der Waals surface area contributed by atoms with Crippen molar-refractivity contribution in [3.8, 4) is 22.5 Å². The van der Waals surface area contributed by atoms with E-state index in [4.69, 9.17) is 4.42 Å². The van der Waals surface area contributed by atoms with Crippen LogP contribution in [0.3, 0.4) is 0 Å². The molecule has 1 heterocycles. The maximum atomic E-state index is 13.5. The van der Waals surface area contributed by atoms with E-state index >= 15 is 0 Å². The number of carbonyl (C=O) groups is 2. The van der Waals surface area contributed by atoms with Crippen molar-refractivity contribution in [2.24, 2.45) is 0 Å². The molecule has 6 rings (SSSR count). The van der Waals surface area contributed by atoms with Crippen molar-refractivity contribution in [3.05, 3.63) is 113 Å². The second-order valence-corrected chi connectivity index (χ2v) is 11.9. The summed E-state index contributed by atoms with van der Waals surface area (Å²) in [5.41, 5.74) is 8.19. The average Bonchev–Trinajstić information content (AvgIpc) is 3.77. The standard InChI is InChI=1S/C39H40N2O3/c1-5-34(42)36-32-23-31(33(41(6-2)7-3)24-35(32)44-37(36)27-18-16-26(4)17-19-27)28-12-11-13-29(22-28)38(43)40-25-39(20-21-39)30-14-9-8-10-15-30/h8-19,22-24H,5-7,20-21,25H2,1-4H3,(H,40,43). The molecular weight excluding hydrogens is 544 g/mol. The molecule has 4 aromatic carbocycles. The Morgan fingerprint density at radius 3 is 2.23 bits per heavy atom. The van der Waals surface area contributed by atoms with E-state index in [1.165, 1.54) is 5.56 Å². The molecule has 0 unspecified atom stereocenters. The summed E-state index contributed by atoms with van der Waals surface area (Å²) < 4.78 is 6.48. The van der Waals surface area contributed by atoms with Crippen LogP contribution in [0.4, 0.5) is 5.69 Å². The van der Waals surface area contributed by atoms with Gasteiger partial charge in [-0.3, -0.25) is 9.59 Å². The summed E-state index contributed by atoms with van der Waals surface area (Å²) in [5.74, 6) is 0.572. The topological polar surface area (TPSA) is 62.6 Å². The van der Waals surface area contributed by atoms with Crippen molar-refractivity contribution in [2.45, 2.75) is 52.4 Å². The van der Waals surface area contributed by atoms with Crippen LogP contribution in [0, 0.1) is 6.92 Å². The van der Waals surface area contributed by atoms with Crippen LogP contribution in [0.1, 0.15) is 71.9 Å². The molecule has 1 amide bonds. The lowest BCUT2D eigenvalue weighted by atomic mass is 9.94. The first kappa shape index (κ1) is 29.4. The number of nitrogens with zero attached hydrogens (tertiary/aromatic N) is 1. The zero-order valence-corrected chi connectivity index (χ0v) is 26.1. The fraction of sp³-hybridized carbons (Fsp3) is 0.282. The van der Waals surface area contributed by atoms with Gasteiger partial charge < -0.3 is 14.6 Å². The molecule has 5 heteroatoms. The summed E-state index contributed by atoms with van der Waals surface area (Å²) in [4.78, 5) is 29.2. The Bertz CT molecular complexity index is 1810. The molecule has 0 saturated heterocycles. The van der Waals surface area contributed by atoms with Gasteiger partial charge in [-0.15, -0.1) is 0 Å². The molecule has 0 spiro atoms. The minimum atomic E-state index is -0.0775. The summed E-state index contributed by atoms with van der Waals surface area (Å²) in [6.45, 7) is 10.4. The smallest absolute Gasteiger partial charge is 0.251 e. The number of furan rings is 1. The summed E-state index contributed by atoms with van der Waals surface area (Å²) >= 11 is 0. The molecule has 0 aliphatic heterocycles. The number of carbonyl (C=O) groups excluding carboxylic acids is 2. The molecule has 5 aromatic rings. The maximum Gasteiger partial charge on any atom is 0.251 e. The van der Waals surface area contributed by atoms with Crippen molar-refractivity contribution in [2.75, 3.05) is 24.5 Å². The zero-order valence-electron chi connectivity index (χ0n) is 26.1. The van der Waals surface area contributed by atoms with Gasteiger partial charge >= 0.3 is 0 Å². The first-order valence-corrected chi connectivity index (χ1v) is 15.8. The molecule has 224 valence electrons. The predicted octanol–water partition coefficient (Wildman–Crippen LogP) is 8.98. The molecule has 5 nitrogen and oxygen atoms in total. The highest BCUT2D eigenvalue weighted by molar-refractivity contribution is 6.13. The number of hydrogen-bond acceptors (Lipinski definition) is 4. The Morgan fingerprint density at radius 2 is 1.57 bits per heavy atom. The summed E-state index contributed by atoms with van der Waals surface area (Å²) in [6.07, 6.45) is 2.54. The van der Waals surface area contributed by atoms with Crippen LogP contribution in [-0.2, 0) is 5.41 Å². The molecule has 1 saturated carbocycles. The Balaban J connectivity index is 1.41. The van der Waals surface area contributed by atoms with E-state index in [-0.39, 0.29) is 17.1 Å². The molecule has 1 aliphatic carbocycles. The van der Waals surface area contributed by atoms with Gasteiger partial charge in [0.05, 0.1) is 5.56 Å². The van der Waals surface area contributed by atoms with E-state index < -0.39 is 0 Å². The third-order valence-corrected chi connectivity index (χ3v) is 9.09. The Kier molecular flexibility index (Phi) is 8.13. The lowest BCUT2D eigenvalue weighted by Gasteiger charge is -2.24. The maximum absolute atomic E-state index is 13.5. The van der Waals surface area contributed by atoms with E-state index in [9.17, 15) is 9.59 Å². The Labute approximate surface area is 259 Å². The molecule has 0 atom stereocenters. The molecule has 1 aromatic heterocycles. The van der Waals surface area contributed by atoms with Gasteiger partial charge in [-0.25, -0.2) is 0 Å². The van der Waals surface area contributed by atoms with Gasteiger partial charge in [0.2, 0.25) is 0 Å². The van der Waals surface area contributed by atoms with E-state index in [1.807, 2.05) is 68.4 Å². The van der Waals surface area contributed by atoms with Crippen LogP contribution < -0.4 is 10.2 Å². The molecular formula is C39H40N2O3. The minimum absolute atomic E-state index is 0.0359. The quantitative estimate of drug-likeness (QED) is 0.157. The van der Waals surface area contributed by atoms with E-state index in [0.29, 0.717) is 35.4 Å². The molecule has 1 aliphatic rings. The molecule has 44 heavy (non-hydrogen) atoms. The predicted molar refractivity (Wildman–Crippen MR) is 180 cm³/mol. The van der Waals surface area contributed by atoms with Crippen LogP contribution >= 0.6 is 0 Å². The SMILES string of the molecule is CCC(=O)c1c(-c2ccc(C)cc2)oc2cc(N(CC)CC)c(-c3cccc(C(=O)NCC4(c5ccccc5)CC4)c3)cc12. The fourth-order valence-corrected chi connectivity index (χ4v) is 6.24. The average molecular weight is 585 g/mol. The highest BCUT2D eigenvalue weighted by Crippen LogP contribution is 2.47. The van der Waals surface area contributed by atoms with Crippen LogP contribution in [0.5, 0.6) is 0 Å². The van der Waals surface area contributed by atoms with Gasteiger partial charge in [0.25, 0.3) is 5.91 Å². The first-order valence-electron chi connectivity index (χ1n) is 15.8. The van der Waals surface area contributed by atoms with E-state index in [2.05, 4.69) is 60.5 Å². The summed E-state index contributed by atoms with van der Waals surface area (Å²) in [5, 5.41) is 4.01. The lowest BCUT2D eigenvalue weighted by Crippen LogP contribution is -2.32. The number of amides is 1. The van der Waals surface area contributed by atoms with Crippen LogP contribution in [0.15, 0.2) is 95.4 Å². The van der Waals surface area contributed by atoms with Gasteiger partial charge in [0.1, 0.15) is 11.3 Å². The monoisotopic (exact) mass is 584 g/mol. The lowest BCUT2D eigenvalue weighted by molar-refractivity contribution is 0.0948. The van der Waals surface area contributed by atoms with Crippen LogP contribution in [-0.4, -0.2) is 31.3 Å². The van der Waals surface area contributed by atoms with Gasteiger partial charge in [-0.05, 0) is 62.9 Å². The van der Waals surface area contributed by atoms with E-state index in [0.717, 1.165) is 59.3 Å². The highest BCUT2D eigenvalue weighted by Gasteiger charge is 2.44. The van der Waals surface area contributed by atoms with Crippen LogP contribution in [0.2, 0.25) is 0 Å². The Hall–Kier alpha value is -4.64. The Morgan fingerprint density at radius 1 is 0.841 bits per heavy atom. The second-order valence-electron chi connectivity index (χ2n) is 11.9. The number of nitrogens with one attached hydrogen (secondary N) is 1. The van der Waals surface area contributed by atoms with E-state index in [1.54, 1.807) is 0 Å². The summed E-state index contributed by atoms with van der Waals surface area (Å²) in [6, 6.07) is 30.5. The molecule has 1 fully saturated rings. The summed E-state index contributed by atoms with van der Waals surface area (Å²) in [7, 11) is 0. The molecule has 0 bridgehead atoms. The fourth-order valence-electron chi connectivity index (χ4n) is 6.24. The number of aryl methyl sites for hydroxylation is 1. The van der Waals surface area contributed by atoms with Gasteiger partial charge in [-0.1, -0.05) is 79.2 Å². The highest BCUT2D eigenvalue weighted by atomic mass is 16.3. The number of Topliss-reactive ketones (excluding diaryl/α,β-unsaturated/α-hetero) is 1. The van der Waals surface area contributed by atoms with Crippen LogP contribution in [0.25, 0.3) is 33.4 Å². The van der Waals surface area contributed by atoms with Crippen molar-refractivity contribution in [1.82, 2.24) is 5.32 Å². The van der Waals surface area contributed by atoms with Gasteiger partial charge in [-0.2, -0.15) is 0 Å². The number of fused-ring (bicyclic) bond motifs is 1. The number of rotatable bonds is 11. The normalized spacial score (nSPS) is 13.5. The number of benzene rings is 4. The zero-order chi connectivity index (χ0) is 30.8. The van der Waals surface area contributed by atoms with Crippen molar-refractivity contribution in [3.63, 3.8) is 0 Å². The molecule has 1 N–H and O–H groups in total. The third-order valence-electron chi connectivity index (χ3n) is 9.09. The van der Waals surface area contributed by atoms with Crippen molar-refractivity contribution < 1.29 is 14.0 Å². The number of ketones is 1. The number of anilines is 1. The van der Waals surface area contributed by atoms with Gasteiger partial charge in [0, 0.05) is 65.3 Å². The van der Waals surface area contributed by atoms with Crippen molar-refractivity contribution >= 4 is 28.3 Å². The minimum Gasteiger partial charge on any atom is -0.455 e. The van der Waals surface area contributed by atoms with Gasteiger partial charge in [0.15, 0.2) is 5.78 Å². The van der Waals surface area contributed by atoms with Crippen molar-refractivity contribution in [1.29, 1.82) is 0 Å². The molecule has 0 radical (unpaired) electrons.